The Morgan fingerprint density at radius 2 is 0.345 bits per heavy atom. The van der Waals surface area contributed by atoms with E-state index in [0.29, 0.717) is 0 Å². The quantitative estimate of drug-likeness (QED) is 0.135. The number of hydrogen-bond donors (Lipinski definition) is 0. The minimum Gasteiger partial charge on any atom is -0.456 e. The Bertz CT molecular complexity index is 16300. The normalized spacial score (nSPS) is 20.2. The minimum atomic E-state index is -1.10. The van der Waals surface area contributed by atoms with Crippen molar-refractivity contribution in [2.24, 2.45) is 0 Å². The molecule has 0 radical (unpaired) electrons. The zero-order valence-corrected chi connectivity index (χ0v) is 72.2. The van der Waals surface area contributed by atoms with E-state index >= 15 is 0 Å². The lowest BCUT2D eigenvalue weighted by molar-refractivity contribution is 0.669. The average molecular weight is 1930 g/mol. The van der Waals surface area contributed by atoms with Crippen LogP contribution in [-0.4, -0.2) is 0 Å². The fourth-order valence-corrected chi connectivity index (χ4v) is 17.8. The van der Waals surface area contributed by atoms with Gasteiger partial charge in [0.05, 0.1) is 118 Å². The molecule has 0 atom stereocenters. The van der Waals surface area contributed by atoms with Crippen LogP contribution in [0.3, 0.4) is 0 Å². The van der Waals surface area contributed by atoms with Crippen molar-refractivity contribution < 1.29 is 131 Å². The maximum atomic E-state index is 9.88. The lowest BCUT2D eigenvalue weighted by atomic mass is 9.84. The molecule has 0 bridgehead atoms. The lowest BCUT2D eigenvalue weighted by Crippen LogP contribution is -1.92. The smallest absolute Gasteiger partial charge is 0.136 e. The third-order valence-electron chi connectivity index (χ3n) is 24.0. The molecule has 0 spiro atoms. The van der Waals surface area contributed by atoms with E-state index in [9.17, 15) is 49.3 Å². The zero-order chi connectivity index (χ0) is 170. The topological polar surface area (TPSA) is 39.4 Å². The standard InChI is InChI=1S/C50H30O.2C46H28O/c1-3-13-38-31(10-1)12-9-19-40(38)49-43-17-7-5-15-41(43)48(42-16-6-8-18-44(42)49)37-23-22-33-28-34(20-21-35(33)29-37)36-25-26-46-45(30-36)50-39-14-4-2-11-32(39)24-27-47(50)51-46;1-3-16-34-29(11-1)13-10-22-36(34)45-39-20-7-5-18-37(39)44(38-19-6-8-21-40(38)45)33-15-9-14-31(27-33)32-23-25-41-43(28-32)47-42-26-24-30-12-2-4-17-35(30)46(41)42;1-2-11-33-27-35(22-19-29(33)9-1)45-39-15-7-5-13-37(39)44(38-14-6-8-16-40(38)45)32-20-17-30(18-21-32)34-23-25-41-43(28-34)47-42-26-24-31-10-3-4-12-36(31)46(41)42/h1-30H;2*1-28H/i1D,2D,3D,4D,5D,6D,7D,8D,9D,10D,11D,12D,13D,14D,15D,16D,17D,18D,19D,20D,21D,22D,23D,24D,25D,26D,27D,28D,29D,30D;2*1D,2D,3D,4D,5D,6D,7D,8D,9D,10D,11D,12D,13D,14D,15D,16D,17D,18D,19D,20D,21D,22D,23D,24D,25D,26D,27D,28D. The van der Waals surface area contributed by atoms with E-state index in [2.05, 4.69) is 0 Å². The fourth-order valence-electron chi connectivity index (χ4n) is 17.8. The second-order valence-corrected chi connectivity index (χ2v) is 31.8. The highest BCUT2D eigenvalue weighted by molar-refractivity contribution is 6.29. The summed E-state index contributed by atoms with van der Waals surface area (Å²) in [5, 5.41) is -19.2. The molecule has 3 nitrogen and oxygen atoms in total. The first-order chi connectivity index (χ1) is 108. The minimum absolute atomic E-state index is 0.320. The molecule has 0 saturated carbocycles. The van der Waals surface area contributed by atoms with Gasteiger partial charge in [0.15, 0.2) is 0 Å². The van der Waals surface area contributed by atoms with E-state index in [1.165, 1.54) is 0 Å². The molecule has 0 aliphatic carbocycles. The molecule has 31 aromatic rings. The predicted octanol–water partition coefficient (Wildman–Crippen LogP) is 40.8. The summed E-state index contributed by atoms with van der Waals surface area (Å²) in [7, 11) is 0. The van der Waals surface area contributed by atoms with Crippen LogP contribution in [0, 0.1) is 0 Å². The summed E-state index contributed by atoms with van der Waals surface area (Å²) in [5.74, 6) is 0. The monoisotopic (exact) mass is 1930 g/mol. The summed E-state index contributed by atoms with van der Waals surface area (Å²) in [5.41, 5.74) is -17.5. The van der Waals surface area contributed by atoms with Crippen LogP contribution in [0.1, 0.15) is 118 Å². The molecule has 0 aliphatic rings. The third kappa shape index (κ3) is 13.8. The van der Waals surface area contributed by atoms with E-state index in [4.69, 9.17) is 81.8 Å². The Morgan fingerprint density at radius 1 is 0.110 bits per heavy atom. The van der Waals surface area contributed by atoms with Crippen LogP contribution in [0.25, 0.3) is 306 Å². The second-order valence-electron chi connectivity index (χ2n) is 31.8. The average Bonchev–Trinajstić information content (AvgIpc) is 1.50. The largest absolute Gasteiger partial charge is 0.456 e. The van der Waals surface area contributed by atoms with Gasteiger partial charge in [0, 0.05) is 32.3 Å². The Labute approximate surface area is 955 Å². The van der Waals surface area contributed by atoms with E-state index < -0.39 is 799 Å². The van der Waals surface area contributed by atoms with Gasteiger partial charge in [-0.05, 0) is 319 Å². The van der Waals surface area contributed by atoms with E-state index in [1.54, 1.807) is 0 Å². The van der Waals surface area contributed by atoms with Gasteiger partial charge >= 0.3 is 0 Å². The Kier molecular flexibility index (Phi) is 7.98. The van der Waals surface area contributed by atoms with Crippen LogP contribution in [0.2, 0.25) is 0 Å². The summed E-state index contributed by atoms with van der Waals surface area (Å²) in [4.78, 5) is 0. The highest BCUT2D eigenvalue weighted by Crippen LogP contribution is 2.52. The van der Waals surface area contributed by atoms with Crippen LogP contribution >= 0.6 is 0 Å². The van der Waals surface area contributed by atoms with Crippen molar-refractivity contribution in [3.63, 3.8) is 0 Å². The first-order valence-corrected chi connectivity index (χ1v) is 43.0. The molecule has 3 aromatic heterocycles. The summed E-state index contributed by atoms with van der Waals surface area (Å²) < 4.78 is 793. The van der Waals surface area contributed by atoms with Crippen molar-refractivity contribution in [3.8, 4) is 100 Å². The van der Waals surface area contributed by atoms with Crippen LogP contribution < -0.4 is 0 Å². The molecule has 31 rings (SSSR count). The van der Waals surface area contributed by atoms with Gasteiger partial charge in [0.25, 0.3) is 0 Å². The van der Waals surface area contributed by atoms with Gasteiger partial charge in [-0.1, -0.05) is 441 Å². The molecule has 0 fully saturated rings. The van der Waals surface area contributed by atoms with Crippen molar-refractivity contribution in [1.82, 2.24) is 0 Å². The number of hydrogen-bond acceptors (Lipinski definition) is 3. The number of furan rings is 3. The first-order valence-electron chi connectivity index (χ1n) is 86.0. The van der Waals surface area contributed by atoms with E-state index in [0.717, 1.165) is 0 Å². The molecule has 0 unspecified atom stereocenters. The maximum Gasteiger partial charge on any atom is 0.136 e. The second kappa shape index (κ2) is 33.9. The Morgan fingerprint density at radius 3 is 0.772 bits per heavy atom. The number of benzene rings is 28. The van der Waals surface area contributed by atoms with Crippen molar-refractivity contribution in [2.45, 2.75) is 0 Å². The van der Waals surface area contributed by atoms with E-state index in [-0.39, 0.29) is 26.9 Å². The predicted molar refractivity (Wildman–Crippen MR) is 618 cm³/mol. The van der Waals surface area contributed by atoms with Gasteiger partial charge in [-0.2, -0.15) is 0 Å². The number of rotatable bonds is 9. The maximum absolute atomic E-state index is 9.88. The van der Waals surface area contributed by atoms with Gasteiger partial charge < -0.3 is 13.3 Å². The van der Waals surface area contributed by atoms with Gasteiger partial charge in [-0.25, -0.2) is 0 Å². The summed E-state index contributed by atoms with van der Waals surface area (Å²) in [6.07, 6.45) is 0. The molecule has 28 aromatic carbocycles. The van der Waals surface area contributed by atoms with Crippen LogP contribution in [0.4, 0.5) is 0 Å². The molecule has 672 valence electrons. The van der Waals surface area contributed by atoms with Crippen LogP contribution in [0.15, 0.2) is 533 Å². The highest BCUT2D eigenvalue weighted by atomic mass is 16.3. The summed E-state index contributed by atoms with van der Waals surface area (Å²) >= 11 is 0. The molecular weight excluding hydrogens is 1750 g/mol. The van der Waals surface area contributed by atoms with Gasteiger partial charge in [-0.15, -0.1) is 0 Å². The third-order valence-corrected chi connectivity index (χ3v) is 24.0. The van der Waals surface area contributed by atoms with Crippen molar-refractivity contribution in [2.75, 3.05) is 0 Å². The zero-order valence-electron chi connectivity index (χ0n) is 158. The molecule has 145 heavy (non-hydrogen) atoms. The van der Waals surface area contributed by atoms with Gasteiger partial charge in [0.1, 0.15) is 33.5 Å². The van der Waals surface area contributed by atoms with Gasteiger partial charge in [-0.3, -0.25) is 0 Å². The molecule has 0 aliphatic heterocycles. The molecular formula is C142H86O3. The fraction of sp³-hybridized carbons (Fsp3) is 0. The van der Waals surface area contributed by atoms with Crippen molar-refractivity contribution >= 4 is 206 Å². The lowest BCUT2D eigenvalue weighted by Gasteiger charge is -2.19. The molecule has 3 heteroatoms. The summed E-state index contributed by atoms with van der Waals surface area (Å²) in [6.45, 7) is 0. The Hall–Kier alpha value is -19.1. The first kappa shape index (κ1) is 34.1. The van der Waals surface area contributed by atoms with Crippen molar-refractivity contribution in [1.29, 1.82) is 0 Å². The molecule has 0 saturated heterocycles. The molecule has 3 heterocycles. The van der Waals surface area contributed by atoms with Crippen LogP contribution in [-0.2, 0) is 0 Å². The molecule has 0 amide bonds. The summed E-state index contributed by atoms with van der Waals surface area (Å²) in [6, 6.07) is -78.9. The van der Waals surface area contributed by atoms with Crippen molar-refractivity contribution in [3.05, 3.63) is 520 Å². The van der Waals surface area contributed by atoms with E-state index in [1.807, 2.05) is 0 Å². The Balaban J connectivity index is 0.000000145. The highest BCUT2D eigenvalue weighted by Gasteiger charge is 2.25. The number of fused-ring (bicyclic) bond motifs is 25. The van der Waals surface area contributed by atoms with Crippen LogP contribution in [0.5, 0.6) is 0 Å². The molecule has 0 N–H and O–H groups in total. The SMILES string of the molecule is [2H]c1c(-c2c([2H])c([2H])c3c([2H])c(-c4c5c([2H])c([2H])c([2H])c([2H])c5c(-c5c([2H])c([2H])c([2H])c6c([2H])c([2H])c([2H])c([2H])c56)c5c([2H])c([2H])c([2H])c([2H])c45)c([2H])c([2H])c3c2[2H])c([2H])c2c(oc3c([2H])c([2H])c4c([2H])c([2H])c([2H])c([2H])c4c32)c1[2H].[2H]c1c([2H])c(-c2c([2H])c([2H])c3c(oc4c([2H])c([2H])c5c([2H])c([2H])c([2H])c([2H])c5c43)c2[2H])c([2H])c(-c2c3c([2H])c([2H])c([2H])c([2H])c3c(-c3c([2H])c([2H])c([2H])c4c([2H])c([2H])c([2H])c([2H])c34)c3c([2H])c([2H])c([2H])c([2H])c23)c1[2H].[2H]c1c([2H])c(-c2c3c([2H])c([2H])c([2H])c([2H])c3c(-c3c([2H])c([2H])c4c([2H])c([2H])c([2H])c([2H])c4c3[2H])c3c([2H])c([2H])c([2H])c([2H])c23)c([2H])c([2H])c1-c1c([2H])c([2H])c2c(oc3c([2H])c([2H])c4c([2H])c([2H])c([2H])c([2H])c4c32)c1[2H]. The van der Waals surface area contributed by atoms with Gasteiger partial charge in [0.2, 0.25) is 0 Å².